The molecule has 36 heavy (non-hydrogen) atoms. The monoisotopic (exact) mass is 513 g/mol. The number of carbonyl (C=O) groups excluding carboxylic acids is 1. The average Bonchev–Trinajstić information content (AvgIpc) is 3.43. The van der Waals surface area contributed by atoms with E-state index in [4.69, 9.17) is 21.1 Å². The molecule has 0 saturated carbocycles. The van der Waals surface area contributed by atoms with Crippen LogP contribution in [0.15, 0.2) is 36.7 Å². The second-order valence-corrected chi connectivity index (χ2v) is 9.86. The number of methoxy groups -OCH3 is 1. The zero-order valence-corrected chi connectivity index (χ0v) is 21.1. The summed E-state index contributed by atoms with van der Waals surface area (Å²) in [6, 6.07) is 8.33. The minimum Gasteiger partial charge on any atom is -0.493 e. The first kappa shape index (κ1) is 24.5. The lowest BCUT2D eigenvalue weighted by Crippen LogP contribution is -2.35. The fourth-order valence-corrected chi connectivity index (χ4v) is 5.33. The van der Waals surface area contributed by atoms with Crippen molar-refractivity contribution in [3.05, 3.63) is 47.5 Å². The van der Waals surface area contributed by atoms with E-state index in [1.54, 1.807) is 31.4 Å². The molecule has 3 heterocycles. The molecule has 190 valence electrons. The minimum absolute atomic E-state index is 0.0253. The fraction of sp³-hybridized carbons (Fsp3) is 0.423. The quantitative estimate of drug-likeness (QED) is 0.444. The number of likely N-dealkylation sites (tertiary alicyclic amines) is 2. The topological polar surface area (TPSA) is 79.8 Å². The Morgan fingerprint density at radius 1 is 1.19 bits per heavy atom. The maximum atomic E-state index is 14.4. The van der Waals surface area contributed by atoms with E-state index < -0.39 is 5.82 Å². The molecule has 10 heteroatoms. The highest BCUT2D eigenvalue weighted by Gasteiger charge is 2.49. The summed E-state index contributed by atoms with van der Waals surface area (Å²) in [5.41, 5.74) is 0.659. The number of aromatic nitrogens is 2. The number of fused-ring (bicyclic) bond motifs is 1. The SMILES string of the molecule is COc1cc2ncnc(Nc3cccc(Cl)c3F)c2cc1OCCCN1CCC2(CCN(C)C2=O)C1. The van der Waals surface area contributed by atoms with Crippen LogP contribution in [0.2, 0.25) is 5.02 Å². The van der Waals surface area contributed by atoms with E-state index in [1.807, 2.05) is 11.9 Å². The molecular weight excluding hydrogens is 485 g/mol. The zero-order chi connectivity index (χ0) is 25.3. The van der Waals surface area contributed by atoms with Crippen LogP contribution in [-0.2, 0) is 4.79 Å². The van der Waals surface area contributed by atoms with Crippen molar-refractivity contribution < 1.29 is 18.7 Å². The Kier molecular flexibility index (Phi) is 6.85. The summed E-state index contributed by atoms with van der Waals surface area (Å²) in [6.45, 7) is 3.95. The third kappa shape index (κ3) is 4.65. The number of hydrogen-bond donors (Lipinski definition) is 1. The van der Waals surface area contributed by atoms with Gasteiger partial charge in [0.25, 0.3) is 0 Å². The van der Waals surface area contributed by atoms with E-state index in [-0.39, 0.29) is 22.0 Å². The van der Waals surface area contributed by atoms with Gasteiger partial charge < -0.3 is 24.6 Å². The van der Waals surface area contributed by atoms with Crippen LogP contribution in [0.3, 0.4) is 0 Å². The molecule has 1 aromatic heterocycles. The molecule has 2 aromatic carbocycles. The number of ether oxygens (including phenoxy) is 2. The molecule has 1 N–H and O–H groups in total. The van der Waals surface area contributed by atoms with Crippen molar-refractivity contribution in [1.82, 2.24) is 19.8 Å². The Bertz CT molecular complexity index is 1290. The zero-order valence-electron chi connectivity index (χ0n) is 20.4. The molecule has 1 unspecified atom stereocenters. The van der Waals surface area contributed by atoms with Crippen LogP contribution in [0.4, 0.5) is 15.9 Å². The Hall–Kier alpha value is -3.17. The number of nitrogens with zero attached hydrogens (tertiary/aromatic N) is 4. The highest BCUT2D eigenvalue weighted by Crippen LogP contribution is 2.40. The molecule has 0 radical (unpaired) electrons. The molecule has 2 aliphatic heterocycles. The molecule has 1 amide bonds. The fourth-order valence-electron chi connectivity index (χ4n) is 5.16. The molecule has 8 nitrogen and oxygen atoms in total. The van der Waals surface area contributed by atoms with Gasteiger partial charge in [-0.3, -0.25) is 4.79 Å². The highest BCUT2D eigenvalue weighted by atomic mass is 35.5. The molecule has 2 aliphatic rings. The van der Waals surface area contributed by atoms with Crippen LogP contribution >= 0.6 is 11.6 Å². The second-order valence-electron chi connectivity index (χ2n) is 9.45. The first-order chi connectivity index (χ1) is 17.4. The maximum Gasteiger partial charge on any atom is 0.229 e. The van der Waals surface area contributed by atoms with Crippen LogP contribution < -0.4 is 14.8 Å². The molecule has 0 aliphatic carbocycles. The minimum atomic E-state index is -0.550. The molecular formula is C26H29ClFN5O3. The molecule has 2 fully saturated rings. The molecule has 0 bridgehead atoms. The van der Waals surface area contributed by atoms with Crippen molar-refractivity contribution in [2.24, 2.45) is 5.41 Å². The Morgan fingerprint density at radius 3 is 2.81 bits per heavy atom. The lowest BCUT2D eigenvalue weighted by molar-refractivity contribution is -0.134. The first-order valence-corrected chi connectivity index (χ1v) is 12.4. The summed E-state index contributed by atoms with van der Waals surface area (Å²) >= 11 is 5.92. The summed E-state index contributed by atoms with van der Waals surface area (Å²) in [5, 5.41) is 3.70. The van der Waals surface area contributed by atoms with Gasteiger partial charge in [0.05, 0.1) is 35.4 Å². The first-order valence-electron chi connectivity index (χ1n) is 12.0. The van der Waals surface area contributed by atoms with Gasteiger partial charge in [0.15, 0.2) is 17.3 Å². The predicted octanol–water partition coefficient (Wildman–Crippen LogP) is 4.50. The van der Waals surface area contributed by atoms with Gasteiger partial charge in [0.1, 0.15) is 12.1 Å². The van der Waals surface area contributed by atoms with Gasteiger partial charge in [-0.15, -0.1) is 0 Å². The third-order valence-corrected chi connectivity index (χ3v) is 7.45. The van der Waals surface area contributed by atoms with E-state index in [1.165, 1.54) is 12.4 Å². The van der Waals surface area contributed by atoms with Crippen LogP contribution in [0, 0.1) is 11.2 Å². The summed E-state index contributed by atoms with van der Waals surface area (Å²) < 4.78 is 26.1. The van der Waals surface area contributed by atoms with Gasteiger partial charge in [-0.25, -0.2) is 14.4 Å². The molecule has 1 spiro atoms. The van der Waals surface area contributed by atoms with Crippen molar-refractivity contribution >= 4 is 39.9 Å². The van der Waals surface area contributed by atoms with Gasteiger partial charge in [-0.1, -0.05) is 17.7 Å². The second kappa shape index (κ2) is 10.1. The van der Waals surface area contributed by atoms with E-state index >= 15 is 0 Å². The van der Waals surface area contributed by atoms with E-state index in [0.717, 1.165) is 45.4 Å². The van der Waals surface area contributed by atoms with Gasteiger partial charge in [-0.2, -0.15) is 0 Å². The molecule has 3 aromatic rings. The smallest absolute Gasteiger partial charge is 0.229 e. The predicted molar refractivity (Wildman–Crippen MR) is 137 cm³/mol. The third-order valence-electron chi connectivity index (χ3n) is 7.16. The lowest BCUT2D eigenvalue weighted by atomic mass is 9.86. The summed E-state index contributed by atoms with van der Waals surface area (Å²) in [4.78, 5) is 25.4. The van der Waals surface area contributed by atoms with Gasteiger partial charge in [0.2, 0.25) is 5.91 Å². The van der Waals surface area contributed by atoms with Crippen LogP contribution in [0.5, 0.6) is 11.5 Å². The van der Waals surface area contributed by atoms with Gasteiger partial charge >= 0.3 is 0 Å². The Labute approximate surface area is 214 Å². The lowest BCUT2D eigenvalue weighted by Gasteiger charge is -2.22. The summed E-state index contributed by atoms with van der Waals surface area (Å²) in [5.74, 6) is 1.28. The number of hydrogen-bond acceptors (Lipinski definition) is 7. The number of carbonyl (C=O) groups is 1. The van der Waals surface area contributed by atoms with Gasteiger partial charge in [0, 0.05) is 38.1 Å². The van der Waals surface area contributed by atoms with E-state index in [9.17, 15) is 9.18 Å². The summed E-state index contributed by atoms with van der Waals surface area (Å²) in [7, 11) is 3.47. The van der Waals surface area contributed by atoms with Crippen molar-refractivity contribution in [1.29, 1.82) is 0 Å². The van der Waals surface area contributed by atoms with E-state index in [2.05, 4.69) is 20.2 Å². The van der Waals surface area contributed by atoms with Crippen LogP contribution in [-0.4, -0.2) is 72.6 Å². The van der Waals surface area contributed by atoms with Gasteiger partial charge in [-0.05, 0) is 44.0 Å². The number of benzene rings is 2. The van der Waals surface area contributed by atoms with Crippen LogP contribution in [0.25, 0.3) is 10.9 Å². The molecule has 5 rings (SSSR count). The standard InChI is InChI=1S/C26H29ClFN5O3/c1-32-10-7-26(25(32)34)8-11-33(15-26)9-4-12-36-22-13-17-20(14-21(22)35-2)29-16-30-24(17)31-19-6-3-5-18(27)23(19)28/h3,5-6,13-14,16H,4,7-12,15H2,1-2H3,(H,29,30,31). The van der Waals surface area contributed by atoms with Crippen molar-refractivity contribution in [2.75, 3.05) is 52.3 Å². The number of rotatable bonds is 8. The number of anilines is 2. The van der Waals surface area contributed by atoms with Crippen LogP contribution in [0.1, 0.15) is 19.3 Å². The Morgan fingerprint density at radius 2 is 2.03 bits per heavy atom. The highest BCUT2D eigenvalue weighted by molar-refractivity contribution is 6.31. The normalized spacial score (nSPS) is 20.0. The largest absolute Gasteiger partial charge is 0.493 e. The Balaban J connectivity index is 1.26. The number of nitrogens with one attached hydrogen (secondary N) is 1. The van der Waals surface area contributed by atoms with Crippen molar-refractivity contribution in [3.8, 4) is 11.5 Å². The number of halogens is 2. The summed E-state index contributed by atoms with van der Waals surface area (Å²) in [6.07, 6.45) is 4.09. The maximum absolute atomic E-state index is 14.4. The van der Waals surface area contributed by atoms with E-state index in [0.29, 0.717) is 34.8 Å². The van der Waals surface area contributed by atoms with Crippen molar-refractivity contribution in [3.63, 3.8) is 0 Å². The number of amides is 1. The molecule has 1 atom stereocenters. The average molecular weight is 514 g/mol. The molecule has 2 saturated heterocycles. The van der Waals surface area contributed by atoms with Crippen molar-refractivity contribution in [2.45, 2.75) is 19.3 Å².